The SMILES string of the molecule is CCCC/C=C\C/C=C\CCCCCCCCC1(CCCCCCCC/C=C\CCCCCCC)O[C@H]2C[C@H](OC(=O)CCN(C)C)C[C@H]2O1. The second-order valence-electron chi connectivity index (χ2n) is 15.7. The first-order valence-corrected chi connectivity index (χ1v) is 21.6. The van der Waals surface area contributed by atoms with Crippen LogP contribution in [0.3, 0.4) is 0 Å². The van der Waals surface area contributed by atoms with Crippen LogP contribution in [0.2, 0.25) is 0 Å². The van der Waals surface area contributed by atoms with Crippen LogP contribution in [0.1, 0.15) is 200 Å². The zero-order valence-electron chi connectivity index (χ0n) is 33.5. The van der Waals surface area contributed by atoms with Gasteiger partial charge in [0.1, 0.15) is 6.10 Å². The van der Waals surface area contributed by atoms with Crippen molar-refractivity contribution in [3.8, 4) is 0 Å². The number of fused-ring (bicyclic) bond motifs is 1. The predicted molar refractivity (Wildman–Crippen MR) is 214 cm³/mol. The maximum atomic E-state index is 12.3. The number of esters is 1. The molecule has 50 heavy (non-hydrogen) atoms. The second-order valence-corrected chi connectivity index (χ2v) is 15.7. The van der Waals surface area contributed by atoms with Gasteiger partial charge in [-0.25, -0.2) is 0 Å². The Morgan fingerprint density at radius 2 is 1.02 bits per heavy atom. The van der Waals surface area contributed by atoms with Gasteiger partial charge in [0.25, 0.3) is 0 Å². The van der Waals surface area contributed by atoms with E-state index in [0.29, 0.717) is 6.42 Å². The maximum absolute atomic E-state index is 12.3. The molecule has 1 aliphatic carbocycles. The number of ether oxygens (including phenoxy) is 3. The van der Waals surface area contributed by atoms with Crippen molar-refractivity contribution >= 4 is 5.97 Å². The highest BCUT2D eigenvalue weighted by atomic mass is 16.8. The van der Waals surface area contributed by atoms with Crippen LogP contribution in [0.5, 0.6) is 0 Å². The Balaban J connectivity index is 1.64. The first kappa shape index (κ1) is 44.7. The Labute approximate surface area is 310 Å². The number of allylic oxidation sites excluding steroid dienone is 6. The quantitative estimate of drug-likeness (QED) is 0.0388. The molecule has 0 aromatic rings. The number of carbonyl (C=O) groups excluding carboxylic acids is 1. The predicted octanol–water partition coefficient (Wildman–Crippen LogP) is 13.0. The van der Waals surface area contributed by atoms with Crippen LogP contribution in [-0.2, 0) is 19.0 Å². The van der Waals surface area contributed by atoms with Gasteiger partial charge in [0.05, 0.1) is 18.6 Å². The Hall–Kier alpha value is -1.43. The van der Waals surface area contributed by atoms with E-state index in [9.17, 15) is 4.79 Å². The van der Waals surface area contributed by atoms with E-state index in [2.05, 4.69) is 50.3 Å². The number of hydrogen-bond donors (Lipinski definition) is 0. The summed E-state index contributed by atoms with van der Waals surface area (Å²) in [6.45, 7) is 5.25. The first-order valence-electron chi connectivity index (χ1n) is 21.6. The molecule has 4 atom stereocenters. The minimum atomic E-state index is -0.438. The average molecular weight is 700 g/mol. The summed E-state index contributed by atoms with van der Waals surface area (Å²) in [6.07, 6.45) is 49.0. The standard InChI is InChI=1S/C45H81NO4/c1-5-7-9-11-13-15-17-19-21-23-25-27-29-31-33-36-45(37-34-32-30-28-26-24-22-20-18-16-14-12-10-8-6-2)49-42-39-41(40-43(42)50-45)48-44(47)35-38-46(3)4/h11,13,17-20,41-43H,5-10,12,14-16,21-40H2,1-4H3/b13-11-,19-17-,20-18-/t41-,42-,43+,45?. The monoisotopic (exact) mass is 700 g/mol. The zero-order chi connectivity index (χ0) is 36.0. The Morgan fingerprint density at radius 3 is 1.50 bits per heavy atom. The molecule has 0 amide bonds. The molecular formula is C45H81NO4. The van der Waals surface area contributed by atoms with Gasteiger partial charge in [0.15, 0.2) is 5.79 Å². The summed E-state index contributed by atoms with van der Waals surface area (Å²) in [7, 11) is 3.97. The minimum absolute atomic E-state index is 0.0610. The van der Waals surface area contributed by atoms with Crippen LogP contribution in [0, 0.1) is 0 Å². The highest BCUT2D eigenvalue weighted by Gasteiger charge is 2.52. The highest BCUT2D eigenvalue weighted by molar-refractivity contribution is 5.69. The molecule has 5 heteroatoms. The largest absolute Gasteiger partial charge is 0.462 e. The van der Waals surface area contributed by atoms with Crippen LogP contribution < -0.4 is 0 Å². The lowest BCUT2D eigenvalue weighted by Crippen LogP contribution is -2.33. The fourth-order valence-electron chi connectivity index (χ4n) is 7.42. The molecule has 2 aliphatic rings. The molecule has 0 radical (unpaired) electrons. The van der Waals surface area contributed by atoms with Crippen molar-refractivity contribution in [2.75, 3.05) is 20.6 Å². The van der Waals surface area contributed by atoms with Crippen LogP contribution in [0.15, 0.2) is 36.5 Å². The Morgan fingerprint density at radius 1 is 0.600 bits per heavy atom. The molecule has 2 rings (SSSR count). The van der Waals surface area contributed by atoms with E-state index in [0.717, 1.165) is 38.6 Å². The van der Waals surface area contributed by atoms with Gasteiger partial charge in [-0.05, 0) is 78.3 Å². The molecule has 1 aliphatic heterocycles. The van der Waals surface area contributed by atoms with E-state index < -0.39 is 5.79 Å². The molecule has 0 bridgehead atoms. The van der Waals surface area contributed by atoms with Crippen molar-refractivity contribution in [3.05, 3.63) is 36.5 Å². The topological polar surface area (TPSA) is 48.0 Å². The van der Waals surface area contributed by atoms with E-state index in [1.807, 2.05) is 19.0 Å². The van der Waals surface area contributed by atoms with E-state index in [4.69, 9.17) is 14.2 Å². The molecule has 0 aromatic carbocycles. The van der Waals surface area contributed by atoms with E-state index in [-0.39, 0.29) is 24.3 Å². The molecule has 0 spiro atoms. The summed E-state index contributed by atoms with van der Waals surface area (Å²) in [5, 5.41) is 0. The average Bonchev–Trinajstić information content (AvgIpc) is 3.62. The molecule has 1 saturated carbocycles. The minimum Gasteiger partial charge on any atom is -0.462 e. The van der Waals surface area contributed by atoms with Gasteiger partial charge in [-0.1, -0.05) is 140 Å². The molecule has 2 fully saturated rings. The summed E-state index contributed by atoms with van der Waals surface area (Å²) in [5.74, 6) is -0.540. The fourth-order valence-corrected chi connectivity index (χ4v) is 7.42. The van der Waals surface area contributed by atoms with Crippen molar-refractivity contribution in [1.29, 1.82) is 0 Å². The van der Waals surface area contributed by atoms with Crippen molar-refractivity contribution in [1.82, 2.24) is 4.90 Å². The molecule has 0 N–H and O–H groups in total. The summed E-state index contributed by atoms with van der Waals surface area (Å²) in [6, 6.07) is 0. The highest BCUT2D eigenvalue weighted by Crippen LogP contribution is 2.44. The van der Waals surface area contributed by atoms with Gasteiger partial charge >= 0.3 is 5.97 Å². The third-order valence-electron chi connectivity index (χ3n) is 10.5. The van der Waals surface area contributed by atoms with E-state index in [1.54, 1.807) is 0 Å². The third-order valence-corrected chi connectivity index (χ3v) is 10.5. The number of hydrogen-bond acceptors (Lipinski definition) is 5. The second kappa shape index (κ2) is 30.1. The van der Waals surface area contributed by atoms with Gasteiger partial charge < -0.3 is 19.1 Å². The molecule has 0 aromatic heterocycles. The van der Waals surface area contributed by atoms with Crippen molar-refractivity contribution in [2.24, 2.45) is 0 Å². The summed E-state index contributed by atoms with van der Waals surface area (Å²) < 4.78 is 19.4. The molecule has 1 unspecified atom stereocenters. The molecule has 290 valence electrons. The van der Waals surface area contributed by atoms with Gasteiger partial charge in [0, 0.05) is 32.2 Å². The van der Waals surface area contributed by atoms with E-state index >= 15 is 0 Å². The Kier molecular flexibility index (Phi) is 26.9. The number of nitrogens with zero attached hydrogens (tertiary/aromatic N) is 1. The number of unbranched alkanes of at least 4 members (excludes halogenated alkanes) is 19. The molecule has 1 heterocycles. The fraction of sp³-hybridized carbons (Fsp3) is 0.844. The van der Waals surface area contributed by atoms with Gasteiger partial charge in [-0.3, -0.25) is 4.79 Å². The van der Waals surface area contributed by atoms with Crippen LogP contribution in [-0.4, -0.2) is 55.6 Å². The summed E-state index contributed by atoms with van der Waals surface area (Å²) in [4.78, 5) is 14.4. The summed E-state index contributed by atoms with van der Waals surface area (Å²) >= 11 is 0. The number of rotatable bonds is 33. The third kappa shape index (κ3) is 22.5. The molecule has 1 saturated heterocycles. The maximum Gasteiger partial charge on any atom is 0.307 e. The van der Waals surface area contributed by atoms with Crippen molar-refractivity contribution in [3.63, 3.8) is 0 Å². The Bertz CT molecular complexity index is 882. The van der Waals surface area contributed by atoms with Gasteiger partial charge in [0.2, 0.25) is 0 Å². The van der Waals surface area contributed by atoms with Crippen LogP contribution >= 0.6 is 0 Å². The summed E-state index contributed by atoms with van der Waals surface area (Å²) in [5.41, 5.74) is 0. The first-order chi connectivity index (χ1) is 24.5. The lowest BCUT2D eigenvalue weighted by atomic mass is 9.98. The van der Waals surface area contributed by atoms with Crippen molar-refractivity contribution < 1.29 is 19.0 Å². The van der Waals surface area contributed by atoms with E-state index in [1.165, 1.54) is 148 Å². The normalized spacial score (nSPS) is 22.2. The van der Waals surface area contributed by atoms with Gasteiger partial charge in [-0.15, -0.1) is 0 Å². The molecule has 5 nitrogen and oxygen atoms in total. The van der Waals surface area contributed by atoms with Crippen molar-refractivity contribution in [2.45, 2.75) is 224 Å². The van der Waals surface area contributed by atoms with Gasteiger partial charge in [-0.2, -0.15) is 0 Å². The lowest BCUT2D eigenvalue weighted by Gasteiger charge is -2.30. The van der Waals surface area contributed by atoms with Crippen LogP contribution in [0.4, 0.5) is 0 Å². The lowest BCUT2D eigenvalue weighted by molar-refractivity contribution is -0.196. The smallest absolute Gasteiger partial charge is 0.307 e. The molecular weight excluding hydrogens is 618 g/mol. The zero-order valence-corrected chi connectivity index (χ0v) is 33.5. The van der Waals surface area contributed by atoms with Crippen LogP contribution in [0.25, 0.3) is 0 Å². The number of carbonyl (C=O) groups is 1.